The van der Waals surface area contributed by atoms with Gasteiger partial charge in [-0.25, -0.2) is 0 Å². The monoisotopic (exact) mass is 538 g/mol. The van der Waals surface area contributed by atoms with Gasteiger partial charge in [0.25, 0.3) is 5.91 Å². The Kier molecular flexibility index (Phi) is 6.71. The smallest absolute Gasteiger partial charge is 0.294 e. The van der Waals surface area contributed by atoms with E-state index in [0.29, 0.717) is 33.7 Å². The fourth-order valence-corrected chi connectivity index (χ4v) is 4.96. The molecule has 1 unspecified atom stereocenters. The van der Waals surface area contributed by atoms with Crippen LogP contribution in [0.5, 0.6) is 5.75 Å². The predicted octanol–water partition coefficient (Wildman–Crippen LogP) is 6.48. The topological polar surface area (TPSA) is 109 Å². The third-order valence-electron chi connectivity index (χ3n) is 6.94. The number of nitrogens with zero attached hydrogens (tertiary/aromatic N) is 1. The predicted molar refractivity (Wildman–Crippen MR) is 153 cm³/mol. The van der Waals surface area contributed by atoms with Gasteiger partial charge in [-0.2, -0.15) is 0 Å². The summed E-state index contributed by atoms with van der Waals surface area (Å²) in [6.45, 7) is 7.67. The van der Waals surface area contributed by atoms with Crippen molar-refractivity contribution < 1.29 is 28.6 Å². The number of aliphatic hydroxyl groups is 1. The second-order valence-corrected chi connectivity index (χ2v) is 10.8. The number of hydrogen-bond donors (Lipinski definition) is 2. The van der Waals surface area contributed by atoms with Crippen LogP contribution in [0.1, 0.15) is 55.4 Å². The van der Waals surface area contributed by atoms with Gasteiger partial charge in [0, 0.05) is 23.7 Å². The average molecular weight is 539 g/mol. The van der Waals surface area contributed by atoms with E-state index in [-0.39, 0.29) is 22.7 Å². The molecule has 0 radical (unpaired) electrons. The highest BCUT2D eigenvalue weighted by molar-refractivity contribution is 6.21. The summed E-state index contributed by atoms with van der Waals surface area (Å²) in [4.78, 5) is 40.6. The lowest BCUT2D eigenvalue weighted by atomic mass is 9.85. The third kappa shape index (κ3) is 4.73. The van der Waals surface area contributed by atoms with Crippen LogP contribution in [-0.2, 0) is 15.0 Å². The fraction of sp³-hybridized carbons (Fsp3) is 0.219. The van der Waals surface area contributed by atoms with Gasteiger partial charge in [-0.3, -0.25) is 19.3 Å². The Morgan fingerprint density at radius 1 is 1.00 bits per heavy atom. The van der Waals surface area contributed by atoms with Crippen molar-refractivity contribution in [3.63, 3.8) is 0 Å². The highest BCUT2D eigenvalue weighted by atomic mass is 16.5. The van der Waals surface area contributed by atoms with Crippen LogP contribution < -0.4 is 15.0 Å². The number of aliphatic hydroxyl groups excluding tert-OH is 1. The first-order chi connectivity index (χ1) is 19.0. The number of furan rings is 1. The summed E-state index contributed by atoms with van der Waals surface area (Å²) in [5, 5.41) is 14.5. The SMILES string of the molecule is COc1cccc2cc(C(=O)C3=C(O)C(=O)N(c4cccc(NC(C)=O)c4)C3c3ccc(C(C)(C)C)cc3)oc12. The van der Waals surface area contributed by atoms with E-state index in [0.717, 1.165) is 5.56 Å². The second-order valence-electron chi connectivity index (χ2n) is 10.8. The third-order valence-corrected chi connectivity index (χ3v) is 6.94. The minimum absolute atomic E-state index is 0.0287. The molecular weight excluding hydrogens is 508 g/mol. The summed E-state index contributed by atoms with van der Waals surface area (Å²) in [7, 11) is 1.51. The molecule has 1 atom stereocenters. The maximum Gasteiger partial charge on any atom is 0.294 e. The number of methoxy groups -OCH3 is 1. The number of anilines is 2. The number of Topliss-reactive ketones (excluding diaryl/α,β-unsaturated/α-hetero) is 1. The first-order valence-corrected chi connectivity index (χ1v) is 12.9. The summed E-state index contributed by atoms with van der Waals surface area (Å²) in [5.41, 5.74) is 2.77. The molecule has 0 spiro atoms. The van der Waals surface area contributed by atoms with Crippen LogP contribution in [-0.4, -0.2) is 29.8 Å². The molecule has 2 N–H and O–H groups in total. The molecule has 1 aliphatic rings. The molecule has 4 aromatic rings. The Labute approximate surface area is 231 Å². The molecule has 3 aromatic carbocycles. The van der Waals surface area contributed by atoms with E-state index in [4.69, 9.17) is 9.15 Å². The summed E-state index contributed by atoms with van der Waals surface area (Å²) in [5.74, 6) is -1.85. The van der Waals surface area contributed by atoms with Crippen LogP contribution >= 0.6 is 0 Å². The number of hydrogen-bond acceptors (Lipinski definition) is 6. The van der Waals surface area contributed by atoms with Crippen LogP contribution in [0.4, 0.5) is 11.4 Å². The van der Waals surface area contributed by atoms with Crippen LogP contribution in [0.3, 0.4) is 0 Å². The summed E-state index contributed by atoms with van der Waals surface area (Å²) >= 11 is 0. The number of nitrogens with one attached hydrogen (secondary N) is 1. The van der Waals surface area contributed by atoms with E-state index >= 15 is 0 Å². The Hall–Kier alpha value is -4.85. The standard InChI is InChI=1S/C32H30N2O6/c1-18(35)33-22-9-7-10-23(17-22)34-27(19-12-14-21(15-13-19)32(2,3)4)26(29(37)31(34)38)28(36)25-16-20-8-6-11-24(39-5)30(20)40-25/h6-17,27,37H,1-5H3,(H,33,35). The van der Waals surface area contributed by atoms with Gasteiger partial charge in [-0.1, -0.05) is 63.2 Å². The van der Waals surface area contributed by atoms with Crippen LogP contribution in [0, 0.1) is 0 Å². The Balaban J connectivity index is 1.65. The molecule has 0 saturated heterocycles. The number of amides is 2. The number of para-hydroxylation sites is 1. The van der Waals surface area contributed by atoms with Crippen LogP contribution in [0.2, 0.25) is 0 Å². The van der Waals surface area contributed by atoms with E-state index in [2.05, 4.69) is 26.1 Å². The largest absolute Gasteiger partial charge is 0.503 e. The molecule has 2 amide bonds. The fourth-order valence-electron chi connectivity index (χ4n) is 4.96. The highest BCUT2D eigenvalue weighted by Crippen LogP contribution is 2.43. The lowest BCUT2D eigenvalue weighted by molar-refractivity contribution is -0.117. The van der Waals surface area contributed by atoms with Gasteiger partial charge in [0.2, 0.25) is 11.7 Å². The molecule has 0 saturated carbocycles. The number of ether oxygens (including phenoxy) is 1. The van der Waals surface area contributed by atoms with Gasteiger partial charge in [0.15, 0.2) is 22.9 Å². The summed E-state index contributed by atoms with van der Waals surface area (Å²) in [6.07, 6.45) is 0. The van der Waals surface area contributed by atoms with Crippen molar-refractivity contribution in [1.82, 2.24) is 0 Å². The highest BCUT2D eigenvalue weighted by Gasteiger charge is 2.45. The quantitative estimate of drug-likeness (QED) is 0.272. The maximum atomic E-state index is 14.0. The Morgan fingerprint density at radius 3 is 2.35 bits per heavy atom. The van der Waals surface area contributed by atoms with Gasteiger partial charge < -0.3 is 19.6 Å². The first-order valence-electron chi connectivity index (χ1n) is 12.9. The molecule has 8 heteroatoms. The zero-order valence-corrected chi connectivity index (χ0v) is 22.9. The van der Waals surface area contributed by atoms with Gasteiger partial charge in [-0.05, 0) is 46.9 Å². The van der Waals surface area contributed by atoms with E-state index in [1.54, 1.807) is 48.5 Å². The molecule has 8 nitrogen and oxygen atoms in total. The van der Waals surface area contributed by atoms with E-state index in [1.807, 2.05) is 24.3 Å². The zero-order valence-electron chi connectivity index (χ0n) is 22.9. The zero-order chi connectivity index (χ0) is 28.8. The van der Waals surface area contributed by atoms with Gasteiger partial charge >= 0.3 is 0 Å². The molecule has 0 fully saturated rings. The molecule has 0 aliphatic carbocycles. The van der Waals surface area contributed by atoms with Crippen LogP contribution in [0.15, 0.2) is 88.5 Å². The number of rotatable bonds is 6. The van der Waals surface area contributed by atoms with Crippen molar-refractivity contribution >= 4 is 39.9 Å². The van der Waals surface area contributed by atoms with Crippen molar-refractivity contribution in [2.75, 3.05) is 17.3 Å². The molecule has 2 heterocycles. The Morgan fingerprint density at radius 2 is 1.70 bits per heavy atom. The molecule has 5 rings (SSSR count). The number of benzene rings is 3. The molecule has 1 aromatic heterocycles. The number of fused-ring (bicyclic) bond motifs is 1. The van der Waals surface area contributed by atoms with E-state index in [1.165, 1.54) is 18.9 Å². The van der Waals surface area contributed by atoms with Gasteiger partial charge in [0.05, 0.1) is 18.7 Å². The lowest BCUT2D eigenvalue weighted by Crippen LogP contribution is -2.31. The minimum atomic E-state index is -0.947. The average Bonchev–Trinajstić information content (AvgIpc) is 3.47. The molecule has 1 aliphatic heterocycles. The van der Waals surface area contributed by atoms with Gasteiger partial charge in [0.1, 0.15) is 0 Å². The van der Waals surface area contributed by atoms with Crippen molar-refractivity contribution in [3.8, 4) is 5.75 Å². The van der Waals surface area contributed by atoms with Crippen LogP contribution in [0.25, 0.3) is 11.0 Å². The molecular formula is C32H30N2O6. The Bertz CT molecular complexity index is 1670. The molecule has 0 bridgehead atoms. The number of carbonyl (C=O) groups is 3. The lowest BCUT2D eigenvalue weighted by Gasteiger charge is -2.28. The maximum absolute atomic E-state index is 14.0. The number of carbonyl (C=O) groups excluding carboxylic acids is 3. The van der Waals surface area contributed by atoms with Crippen molar-refractivity contribution in [2.45, 2.75) is 39.2 Å². The van der Waals surface area contributed by atoms with Crippen molar-refractivity contribution in [3.05, 3.63) is 101 Å². The molecule has 204 valence electrons. The summed E-state index contributed by atoms with van der Waals surface area (Å²) < 4.78 is 11.3. The van der Waals surface area contributed by atoms with Gasteiger partial charge in [-0.15, -0.1) is 0 Å². The van der Waals surface area contributed by atoms with E-state index in [9.17, 15) is 19.5 Å². The van der Waals surface area contributed by atoms with Crippen molar-refractivity contribution in [2.24, 2.45) is 0 Å². The van der Waals surface area contributed by atoms with Crippen molar-refractivity contribution in [1.29, 1.82) is 0 Å². The minimum Gasteiger partial charge on any atom is -0.503 e. The number of ketones is 1. The normalized spacial score (nSPS) is 15.6. The first kappa shape index (κ1) is 26.7. The second kappa shape index (κ2) is 10.0. The van der Waals surface area contributed by atoms with E-state index < -0.39 is 23.5 Å². The molecule has 40 heavy (non-hydrogen) atoms. The summed E-state index contributed by atoms with van der Waals surface area (Å²) in [6, 6.07) is 20.2.